The number of Topliss-reactive ketones (excluding diaryl/α,β-unsaturated/α-hetero) is 1. The third-order valence-electron chi connectivity index (χ3n) is 4.81. The molecule has 0 amide bonds. The first-order valence-electron chi connectivity index (χ1n) is 9.84. The van der Waals surface area contributed by atoms with E-state index in [1.54, 1.807) is 12.2 Å². The molecule has 1 aliphatic carbocycles. The zero-order chi connectivity index (χ0) is 19.4. The zero-order valence-corrected chi connectivity index (χ0v) is 16.2. The summed E-state index contributed by atoms with van der Waals surface area (Å²) >= 11 is 0. The summed E-state index contributed by atoms with van der Waals surface area (Å²) in [5, 5.41) is 20.1. The van der Waals surface area contributed by atoms with E-state index in [1.807, 2.05) is 6.08 Å². The minimum atomic E-state index is -0.702. The van der Waals surface area contributed by atoms with Crippen molar-refractivity contribution in [2.75, 3.05) is 7.11 Å². The summed E-state index contributed by atoms with van der Waals surface area (Å²) in [6.45, 7) is 2.12. The predicted molar refractivity (Wildman–Crippen MR) is 102 cm³/mol. The lowest BCUT2D eigenvalue weighted by Crippen LogP contribution is -2.13. The summed E-state index contributed by atoms with van der Waals surface area (Å²) < 4.78 is 4.60. The van der Waals surface area contributed by atoms with Crippen molar-refractivity contribution in [2.45, 2.75) is 83.3 Å². The molecule has 5 nitrogen and oxygen atoms in total. The molecule has 0 aromatic rings. The zero-order valence-electron chi connectivity index (χ0n) is 16.2. The van der Waals surface area contributed by atoms with Crippen LogP contribution in [0.25, 0.3) is 0 Å². The molecule has 3 atom stereocenters. The fourth-order valence-corrected chi connectivity index (χ4v) is 3.21. The van der Waals surface area contributed by atoms with Crippen LogP contribution in [0.4, 0.5) is 0 Å². The molecule has 0 heterocycles. The van der Waals surface area contributed by atoms with Crippen molar-refractivity contribution in [1.29, 1.82) is 0 Å². The molecular weight excluding hydrogens is 332 g/mol. The lowest BCUT2D eigenvalue weighted by atomic mass is 9.97. The Morgan fingerprint density at radius 1 is 1.27 bits per heavy atom. The monoisotopic (exact) mass is 366 g/mol. The van der Waals surface area contributed by atoms with Gasteiger partial charge in [-0.15, -0.1) is 0 Å². The first kappa shape index (κ1) is 22.6. The van der Waals surface area contributed by atoms with Crippen molar-refractivity contribution in [3.63, 3.8) is 0 Å². The maximum Gasteiger partial charge on any atom is 0.305 e. The van der Waals surface area contributed by atoms with E-state index >= 15 is 0 Å². The lowest BCUT2D eigenvalue weighted by Gasteiger charge is -2.12. The number of hydrogen-bond acceptors (Lipinski definition) is 5. The van der Waals surface area contributed by atoms with Gasteiger partial charge in [-0.2, -0.15) is 0 Å². The van der Waals surface area contributed by atoms with E-state index in [2.05, 4.69) is 11.7 Å². The van der Waals surface area contributed by atoms with Crippen LogP contribution in [0.15, 0.2) is 23.8 Å². The number of hydrogen-bond donors (Lipinski definition) is 2. The second kappa shape index (κ2) is 12.8. The Balaban J connectivity index is 2.47. The highest BCUT2D eigenvalue weighted by Crippen LogP contribution is 2.30. The second-order valence-corrected chi connectivity index (χ2v) is 7.00. The summed E-state index contributed by atoms with van der Waals surface area (Å²) in [7, 11) is 1.39. The topological polar surface area (TPSA) is 83.8 Å². The van der Waals surface area contributed by atoms with E-state index in [9.17, 15) is 19.8 Å². The van der Waals surface area contributed by atoms with Crippen molar-refractivity contribution in [1.82, 2.24) is 0 Å². The minimum Gasteiger partial charge on any atom is -0.469 e. The Morgan fingerprint density at radius 3 is 2.73 bits per heavy atom. The van der Waals surface area contributed by atoms with E-state index in [0.29, 0.717) is 18.4 Å². The van der Waals surface area contributed by atoms with Crippen molar-refractivity contribution >= 4 is 11.8 Å². The molecule has 5 heteroatoms. The van der Waals surface area contributed by atoms with Crippen LogP contribution >= 0.6 is 0 Å². The van der Waals surface area contributed by atoms with E-state index in [-0.39, 0.29) is 24.1 Å². The number of esters is 1. The maximum atomic E-state index is 12.1. The molecule has 0 bridgehead atoms. The average Bonchev–Trinajstić information content (AvgIpc) is 2.89. The number of methoxy groups -OCH3 is 1. The third kappa shape index (κ3) is 8.28. The Morgan fingerprint density at radius 2 is 2.04 bits per heavy atom. The van der Waals surface area contributed by atoms with Gasteiger partial charge in [0.2, 0.25) is 0 Å². The van der Waals surface area contributed by atoms with Crippen LogP contribution in [0.2, 0.25) is 0 Å². The quantitative estimate of drug-likeness (QED) is 0.239. The standard InChI is InChI=1S/C21H34O5/c1-3-4-7-10-16(22)13-14-18-17(19(23)15-20(18)24)11-8-5-6-9-12-21(25)26-2/h11,13-14,16,18,20,22,24H,3-10,12,15H2,1-2H3/b14-13+,17-11+/t16-,18+,20+/m0/s1. The number of ether oxygens (including phenoxy) is 1. The third-order valence-corrected chi connectivity index (χ3v) is 4.81. The van der Waals surface area contributed by atoms with Gasteiger partial charge in [-0.25, -0.2) is 0 Å². The van der Waals surface area contributed by atoms with Crippen LogP contribution in [0.5, 0.6) is 0 Å². The number of carbonyl (C=O) groups is 2. The predicted octanol–water partition coefficient (Wildman–Crippen LogP) is 3.48. The molecular formula is C21H34O5. The highest BCUT2D eigenvalue weighted by Gasteiger charge is 2.34. The first-order valence-corrected chi connectivity index (χ1v) is 9.84. The fourth-order valence-electron chi connectivity index (χ4n) is 3.21. The number of carbonyl (C=O) groups excluding carboxylic acids is 2. The molecule has 0 saturated heterocycles. The normalized spacial score (nSPS) is 23.1. The minimum absolute atomic E-state index is 0.0119. The Labute approximate surface area is 157 Å². The Kier molecular flexibility index (Phi) is 11.1. The highest BCUT2D eigenvalue weighted by atomic mass is 16.5. The molecule has 0 unspecified atom stereocenters. The summed E-state index contributed by atoms with van der Waals surface area (Å²) in [6, 6.07) is 0. The molecule has 0 aromatic carbocycles. The van der Waals surface area contributed by atoms with Crippen LogP contribution in [0.1, 0.15) is 71.1 Å². The highest BCUT2D eigenvalue weighted by molar-refractivity contribution is 5.99. The van der Waals surface area contributed by atoms with E-state index in [1.165, 1.54) is 7.11 Å². The number of aliphatic hydroxyl groups is 2. The second-order valence-electron chi connectivity index (χ2n) is 7.00. The van der Waals surface area contributed by atoms with Crippen molar-refractivity contribution in [3.8, 4) is 0 Å². The Hall–Kier alpha value is -1.46. The summed E-state index contributed by atoms with van der Waals surface area (Å²) in [5.74, 6) is -0.527. The Bertz CT molecular complexity index is 495. The number of aliphatic hydroxyl groups excluding tert-OH is 2. The van der Waals surface area contributed by atoms with Crippen LogP contribution in [-0.4, -0.2) is 41.3 Å². The van der Waals surface area contributed by atoms with Gasteiger partial charge in [0, 0.05) is 24.3 Å². The molecule has 26 heavy (non-hydrogen) atoms. The number of unbranched alkanes of at least 4 members (excludes halogenated alkanes) is 5. The fraction of sp³-hybridized carbons (Fsp3) is 0.714. The first-order chi connectivity index (χ1) is 12.5. The molecule has 0 aliphatic heterocycles. The summed E-state index contributed by atoms with van der Waals surface area (Å²) in [5.41, 5.74) is 0.655. The molecule has 2 N–H and O–H groups in total. The number of rotatable bonds is 12. The molecule has 1 saturated carbocycles. The van der Waals surface area contributed by atoms with Gasteiger partial charge in [0.15, 0.2) is 5.78 Å². The van der Waals surface area contributed by atoms with Gasteiger partial charge < -0.3 is 14.9 Å². The smallest absolute Gasteiger partial charge is 0.305 e. The summed E-state index contributed by atoms with van der Waals surface area (Å²) in [4.78, 5) is 23.2. The maximum absolute atomic E-state index is 12.1. The molecule has 0 spiro atoms. The largest absolute Gasteiger partial charge is 0.469 e. The average molecular weight is 366 g/mol. The van der Waals surface area contributed by atoms with Crippen LogP contribution in [-0.2, 0) is 14.3 Å². The number of allylic oxidation sites excluding steroid dienone is 1. The van der Waals surface area contributed by atoms with E-state index < -0.39 is 12.2 Å². The van der Waals surface area contributed by atoms with Gasteiger partial charge >= 0.3 is 5.97 Å². The molecule has 148 valence electrons. The van der Waals surface area contributed by atoms with Crippen molar-refractivity contribution in [2.24, 2.45) is 5.92 Å². The van der Waals surface area contributed by atoms with Gasteiger partial charge in [0.05, 0.1) is 19.3 Å². The van der Waals surface area contributed by atoms with Gasteiger partial charge in [-0.1, -0.05) is 50.8 Å². The molecule has 1 fully saturated rings. The SMILES string of the molecule is CCCCC[C@H](O)/C=C/[C@@H]1/C(=C\CCCCCC(=O)OC)C(=O)C[C@H]1O. The van der Waals surface area contributed by atoms with E-state index in [4.69, 9.17) is 0 Å². The lowest BCUT2D eigenvalue weighted by molar-refractivity contribution is -0.140. The van der Waals surface area contributed by atoms with Crippen molar-refractivity contribution < 1.29 is 24.5 Å². The molecule has 0 aromatic heterocycles. The molecule has 1 aliphatic rings. The van der Waals surface area contributed by atoms with Gasteiger partial charge in [0.25, 0.3) is 0 Å². The van der Waals surface area contributed by atoms with Crippen LogP contribution < -0.4 is 0 Å². The summed E-state index contributed by atoms with van der Waals surface area (Å²) in [6.07, 6.45) is 12.0. The van der Waals surface area contributed by atoms with Gasteiger partial charge in [-0.3, -0.25) is 9.59 Å². The van der Waals surface area contributed by atoms with Crippen molar-refractivity contribution in [3.05, 3.63) is 23.8 Å². The van der Waals surface area contributed by atoms with Gasteiger partial charge in [-0.05, 0) is 25.7 Å². The number of ketones is 1. The molecule has 0 radical (unpaired) electrons. The van der Waals surface area contributed by atoms with Crippen LogP contribution in [0.3, 0.4) is 0 Å². The molecule has 1 rings (SSSR count). The van der Waals surface area contributed by atoms with Crippen LogP contribution in [0, 0.1) is 5.92 Å². The van der Waals surface area contributed by atoms with Gasteiger partial charge in [0.1, 0.15) is 0 Å². The van der Waals surface area contributed by atoms with E-state index in [0.717, 1.165) is 44.9 Å².